The van der Waals surface area contributed by atoms with Crippen LogP contribution in [-0.4, -0.2) is 51.1 Å². The topological polar surface area (TPSA) is 117 Å². The van der Waals surface area contributed by atoms with Crippen LogP contribution >= 0.6 is 0 Å². The second kappa shape index (κ2) is 10.4. The van der Waals surface area contributed by atoms with Gasteiger partial charge in [-0.3, -0.25) is 4.79 Å². The molecule has 4 aromatic rings. The first-order chi connectivity index (χ1) is 18.6. The average molecular weight is 559 g/mol. The van der Waals surface area contributed by atoms with Crippen LogP contribution in [0.25, 0.3) is 22.2 Å². The normalized spacial score (nSPS) is 13.7. The van der Waals surface area contributed by atoms with Gasteiger partial charge in [0.05, 0.1) is 36.3 Å². The van der Waals surface area contributed by atoms with Crippen LogP contribution in [0.15, 0.2) is 54.6 Å². The number of hydrogen-bond acceptors (Lipinski definition) is 7. The number of hydrogen-bond donors (Lipinski definition) is 3. The minimum absolute atomic E-state index is 0.0153. The number of benzene rings is 2. The van der Waals surface area contributed by atoms with Crippen LogP contribution in [0.3, 0.4) is 0 Å². The van der Waals surface area contributed by atoms with E-state index in [0.29, 0.717) is 16.6 Å². The maximum atomic E-state index is 14.4. The molecule has 8 nitrogen and oxygen atoms in total. The largest absolute Gasteiger partial charge is 0.494 e. The number of aliphatic hydroxyl groups is 2. The lowest BCUT2D eigenvalue weighted by Gasteiger charge is -2.32. The molecule has 2 heterocycles. The Balaban J connectivity index is 1.75. The second-order valence-corrected chi connectivity index (χ2v) is 9.83. The van der Waals surface area contributed by atoms with E-state index >= 15 is 0 Å². The van der Waals surface area contributed by atoms with E-state index < -0.39 is 41.3 Å². The van der Waals surface area contributed by atoms with E-state index in [4.69, 9.17) is 4.74 Å². The van der Waals surface area contributed by atoms with Crippen molar-refractivity contribution in [1.82, 2.24) is 20.5 Å². The smallest absolute Gasteiger partial charge is 0.424 e. The molecule has 40 heavy (non-hydrogen) atoms. The van der Waals surface area contributed by atoms with Gasteiger partial charge in [0.25, 0.3) is 5.91 Å². The van der Waals surface area contributed by atoms with Crippen LogP contribution in [0.2, 0.25) is 0 Å². The molecule has 0 saturated carbocycles. The number of carbonyl (C=O) groups excluding carboxylic acids is 1. The third kappa shape index (κ3) is 5.73. The number of alkyl halides is 3. The van der Waals surface area contributed by atoms with Gasteiger partial charge in [-0.05, 0) is 80.9 Å². The molecule has 0 fully saturated rings. The summed E-state index contributed by atoms with van der Waals surface area (Å²) in [6, 6.07) is 11.5. The van der Waals surface area contributed by atoms with Gasteiger partial charge >= 0.3 is 6.18 Å². The van der Waals surface area contributed by atoms with Gasteiger partial charge in [-0.25, -0.2) is 9.37 Å². The second-order valence-electron chi connectivity index (χ2n) is 9.83. The molecule has 1 amide bonds. The number of fused-ring (bicyclic) bond motifs is 1. The zero-order chi connectivity index (χ0) is 29.5. The van der Waals surface area contributed by atoms with E-state index in [1.807, 2.05) is 0 Å². The minimum Gasteiger partial charge on any atom is -0.494 e. The van der Waals surface area contributed by atoms with Crippen LogP contribution in [0, 0.1) is 12.7 Å². The van der Waals surface area contributed by atoms with E-state index in [9.17, 15) is 32.6 Å². The summed E-state index contributed by atoms with van der Waals surface area (Å²) >= 11 is 0. The van der Waals surface area contributed by atoms with Gasteiger partial charge in [0.1, 0.15) is 17.1 Å². The Labute approximate surface area is 226 Å². The first kappa shape index (κ1) is 28.8. The third-order valence-corrected chi connectivity index (χ3v) is 6.33. The van der Waals surface area contributed by atoms with Gasteiger partial charge in [-0.15, -0.1) is 5.10 Å². The molecule has 12 heteroatoms. The number of halogens is 4. The standard InChI is InChI=1S/C28H26F4N4O4/c1-15-9-17-10-18(11-22(40-4)24(17)36-35-15)25(37)33-14-27(39,28(30,31)32)23-13-19(26(2,3)38)12-21(34-23)16-5-7-20(29)8-6-16/h5-13,38-39H,14H2,1-4H3,(H,33,37)/t27-/m0/s1. The number of nitrogens with one attached hydrogen (secondary N) is 1. The van der Waals surface area contributed by atoms with Gasteiger partial charge in [0, 0.05) is 16.5 Å². The summed E-state index contributed by atoms with van der Waals surface area (Å²) in [5.41, 5.74) is -5.03. The molecule has 0 radical (unpaired) electrons. The fourth-order valence-corrected chi connectivity index (χ4v) is 4.03. The molecule has 0 aliphatic carbocycles. The highest BCUT2D eigenvalue weighted by atomic mass is 19.4. The summed E-state index contributed by atoms with van der Waals surface area (Å²) in [6.07, 6.45) is -5.29. The van der Waals surface area contributed by atoms with Crippen molar-refractivity contribution in [2.75, 3.05) is 13.7 Å². The Bertz CT molecular complexity index is 1570. The Morgan fingerprint density at radius 1 is 1.00 bits per heavy atom. The van der Waals surface area contributed by atoms with E-state index in [0.717, 1.165) is 18.2 Å². The van der Waals surface area contributed by atoms with Crippen molar-refractivity contribution in [1.29, 1.82) is 0 Å². The van der Waals surface area contributed by atoms with Crippen molar-refractivity contribution < 1.29 is 37.3 Å². The van der Waals surface area contributed by atoms with Crippen molar-refractivity contribution in [3.63, 3.8) is 0 Å². The molecule has 4 rings (SSSR count). The van der Waals surface area contributed by atoms with Gasteiger partial charge in [0.2, 0.25) is 5.60 Å². The SMILES string of the molecule is COc1cc(C(=O)NC[C@](O)(c2cc(C(C)(C)O)cc(-c3ccc(F)cc3)n2)C(F)(F)F)cc2cc(C)nnc12. The highest BCUT2D eigenvalue weighted by Gasteiger charge is 2.56. The van der Waals surface area contributed by atoms with Crippen LogP contribution in [0.5, 0.6) is 5.75 Å². The number of rotatable bonds is 7. The molecular formula is C28H26F4N4O4. The molecule has 0 spiro atoms. The molecule has 0 saturated heterocycles. The average Bonchev–Trinajstić information content (AvgIpc) is 2.89. The number of methoxy groups -OCH3 is 1. The first-order valence-corrected chi connectivity index (χ1v) is 12.0. The molecule has 2 aromatic carbocycles. The van der Waals surface area contributed by atoms with E-state index in [-0.39, 0.29) is 28.1 Å². The summed E-state index contributed by atoms with van der Waals surface area (Å²) < 4.78 is 62.1. The van der Waals surface area contributed by atoms with Gasteiger partial charge in [0.15, 0.2) is 0 Å². The molecule has 0 aliphatic heterocycles. The molecule has 210 valence electrons. The predicted molar refractivity (Wildman–Crippen MR) is 138 cm³/mol. The Morgan fingerprint density at radius 3 is 2.27 bits per heavy atom. The molecule has 2 aromatic heterocycles. The fourth-order valence-electron chi connectivity index (χ4n) is 4.03. The summed E-state index contributed by atoms with van der Waals surface area (Å²) in [4.78, 5) is 17.0. The zero-order valence-corrected chi connectivity index (χ0v) is 22.0. The number of carbonyl (C=O) groups is 1. The number of aryl methyl sites for hydroxylation is 1. The summed E-state index contributed by atoms with van der Waals surface area (Å²) in [7, 11) is 1.35. The van der Waals surface area contributed by atoms with Crippen LogP contribution in [0.4, 0.5) is 17.6 Å². The van der Waals surface area contributed by atoms with Gasteiger partial charge in [-0.2, -0.15) is 18.3 Å². The molecule has 1 atom stereocenters. The quantitative estimate of drug-likeness (QED) is 0.285. The number of ether oxygens (including phenoxy) is 1. The van der Waals surface area contributed by atoms with Crippen LogP contribution < -0.4 is 10.1 Å². The summed E-state index contributed by atoms with van der Waals surface area (Å²) in [5, 5.41) is 32.2. The molecule has 0 aliphatic rings. The van der Waals surface area contributed by atoms with Gasteiger partial charge < -0.3 is 20.3 Å². The van der Waals surface area contributed by atoms with Crippen molar-refractivity contribution >= 4 is 16.8 Å². The summed E-state index contributed by atoms with van der Waals surface area (Å²) in [6.45, 7) is 3.10. The molecule has 0 bridgehead atoms. The Hall–Kier alpha value is -4.16. The number of nitrogens with zero attached hydrogens (tertiary/aromatic N) is 3. The monoisotopic (exact) mass is 558 g/mol. The minimum atomic E-state index is -5.29. The highest BCUT2D eigenvalue weighted by molar-refractivity contribution is 5.99. The van der Waals surface area contributed by atoms with Crippen molar-refractivity contribution in [3.05, 3.63) is 82.9 Å². The van der Waals surface area contributed by atoms with Crippen LogP contribution in [0.1, 0.15) is 41.2 Å². The Kier molecular flexibility index (Phi) is 7.52. The number of amides is 1. The van der Waals surface area contributed by atoms with Gasteiger partial charge in [-0.1, -0.05) is 0 Å². The van der Waals surface area contributed by atoms with Crippen molar-refractivity contribution in [2.24, 2.45) is 0 Å². The highest BCUT2D eigenvalue weighted by Crippen LogP contribution is 2.40. The number of pyridine rings is 1. The molecular weight excluding hydrogens is 532 g/mol. The summed E-state index contributed by atoms with van der Waals surface area (Å²) in [5.74, 6) is -1.30. The van der Waals surface area contributed by atoms with Crippen molar-refractivity contribution in [3.8, 4) is 17.0 Å². The number of aromatic nitrogens is 3. The lowest BCUT2D eigenvalue weighted by Crippen LogP contribution is -2.51. The lowest BCUT2D eigenvalue weighted by molar-refractivity contribution is -0.265. The Morgan fingerprint density at radius 2 is 1.68 bits per heavy atom. The lowest BCUT2D eigenvalue weighted by atomic mass is 9.90. The maximum absolute atomic E-state index is 14.4. The van der Waals surface area contributed by atoms with E-state index in [2.05, 4.69) is 20.5 Å². The fraction of sp³-hybridized carbons (Fsp3) is 0.286. The maximum Gasteiger partial charge on any atom is 0.424 e. The van der Waals surface area contributed by atoms with Crippen LogP contribution in [-0.2, 0) is 11.2 Å². The first-order valence-electron chi connectivity index (χ1n) is 12.0. The zero-order valence-electron chi connectivity index (χ0n) is 22.0. The predicted octanol–water partition coefficient (Wildman–Crippen LogP) is 4.56. The van der Waals surface area contributed by atoms with E-state index in [1.165, 1.54) is 51.3 Å². The molecule has 0 unspecified atom stereocenters. The molecule has 3 N–H and O–H groups in total. The third-order valence-electron chi connectivity index (χ3n) is 6.33. The van der Waals surface area contributed by atoms with E-state index in [1.54, 1.807) is 13.0 Å². The van der Waals surface area contributed by atoms with Crippen molar-refractivity contribution in [2.45, 2.75) is 38.1 Å².